The molecular weight excluding hydrogens is 210 g/mol. The smallest absolute Gasteiger partial charge is 0.0416 e. The minimum atomic E-state index is 0.152. The number of rotatable bonds is 6. The minimum Gasteiger partial charge on any atom is -0.325 e. The molecule has 0 bridgehead atoms. The van der Waals surface area contributed by atoms with E-state index in [1.54, 1.807) is 0 Å². The molecule has 3 heteroatoms. The van der Waals surface area contributed by atoms with Gasteiger partial charge in [0.05, 0.1) is 0 Å². The molecule has 1 aromatic rings. The third kappa shape index (κ3) is 3.79. The van der Waals surface area contributed by atoms with Crippen LogP contribution in [0.3, 0.4) is 0 Å². The molecule has 94 valence electrons. The maximum Gasteiger partial charge on any atom is 0.0416 e. The van der Waals surface area contributed by atoms with Gasteiger partial charge in [-0.05, 0) is 51.4 Å². The van der Waals surface area contributed by atoms with Gasteiger partial charge in [0.15, 0.2) is 0 Å². The Labute approximate surface area is 104 Å². The predicted molar refractivity (Wildman–Crippen MR) is 70.8 cm³/mol. The number of aromatic nitrogens is 1. The predicted octanol–water partition coefficient (Wildman–Crippen LogP) is 1.83. The molecule has 1 aliphatic carbocycles. The van der Waals surface area contributed by atoms with Gasteiger partial charge in [0, 0.05) is 30.4 Å². The summed E-state index contributed by atoms with van der Waals surface area (Å²) in [4.78, 5) is 6.70. The van der Waals surface area contributed by atoms with Gasteiger partial charge in [-0.2, -0.15) is 0 Å². The van der Waals surface area contributed by atoms with Crippen LogP contribution < -0.4 is 5.73 Å². The van der Waals surface area contributed by atoms with Crippen LogP contribution in [0.1, 0.15) is 31.4 Å². The van der Waals surface area contributed by atoms with Crippen molar-refractivity contribution in [3.63, 3.8) is 0 Å². The van der Waals surface area contributed by atoms with Gasteiger partial charge in [0.25, 0.3) is 0 Å². The fourth-order valence-electron chi connectivity index (χ4n) is 2.26. The van der Waals surface area contributed by atoms with Crippen molar-refractivity contribution in [3.8, 4) is 0 Å². The third-order valence-corrected chi connectivity index (χ3v) is 3.82. The van der Waals surface area contributed by atoms with E-state index in [1.165, 1.54) is 25.0 Å². The summed E-state index contributed by atoms with van der Waals surface area (Å²) in [5.74, 6) is 0. The van der Waals surface area contributed by atoms with Gasteiger partial charge in [0.1, 0.15) is 0 Å². The number of hydrogen-bond donors (Lipinski definition) is 1. The fraction of sp³-hybridized carbons (Fsp3) is 0.643. The van der Waals surface area contributed by atoms with E-state index in [0.717, 1.165) is 25.9 Å². The lowest BCUT2D eigenvalue weighted by Gasteiger charge is -2.39. The summed E-state index contributed by atoms with van der Waals surface area (Å²) in [5.41, 5.74) is 7.54. The molecule has 0 radical (unpaired) electrons. The topological polar surface area (TPSA) is 42.2 Å². The van der Waals surface area contributed by atoms with Crippen molar-refractivity contribution < 1.29 is 0 Å². The second-order valence-corrected chi connectivity index (χ2v) is 5.34. The number of nitrogens with zero attached hydrogens (tertiary/aromatic N) is 2. The highest BCUT2D eigenvalue weighted by atomic mass is 15.1. The molecule has 2 N–H and O–H groups in total. The molecule has 1 saturated carbocycles. The number of hydrogen-bond acceptors (Lipinski definition) is 3. The zero-order valence-electron chi connectivity index (χ0n) is 10.7. The molecule has 1 fully saturated rings. The Balaban J connectivity index is 1.65. The van der Waals surface area contributed by atoms with Crippen LogP contribution >= 0.6 is 0 Å². The lowest BCUT2D eigenvalue weighted by molar-refractivity contribution is 0.197. The molecule has 0 unspecified atom stereocenters. The van der Waals surface area contributed by atoms with E-state index in [2.05, 4.69) is 23.0 Å². The van der Waals surface area contributed by atoms with E-state index in [-0.39, 0.29) is 5.54 Å². The Kier molecular flexibility index (Phi) is 4.13. The van der Waals surface area contributed by atoms with Crippen LogP contribution in [0.25, 0.3) is 0 Å². The van der Waals surface area contributed by atoms with Gasteiger partial charge < -0.3 is 10.6 Å². The first kappa shape index (κ1) is 12.5. The Morgan fingerprint density at radius 2 is 2.18 bits per heavy atom. The molecule has 3 nitrogen and oxygen atoms in total. The van der Waals surface area contributed by atoms with E-state index < -0.39 is 0 Å². The summed E-state index contributed by atoms with van der Waals surface area (Å²) in [5, 5.41) is 0. The molecule has 0 saturated heterocycles. The third-order valence-electron chi connectivity index (χ3n) is 3.82. The zero-order chi connectivity index (χ0) is 12.1. The monoisotopic (exact) mass is 233 g/mol. The van der Waals surface area contributed by atoms with Crippen LogP contribution in [0.2, 0.25) is 0 Å². The van der Waals surface area contributed by atoms with Crippen LogP contribution in [0.4, 0.5) is 0 Å². The quantitative estimate of drug-likeness (QED) is 0.815. The summed E-state index contributed by atoms with van der Waals surface area (Å²) in [6.45, 7) is 2.16. The normalized spacial score (nSPS) is 18.1. The molecule has 1 aliphatic rings. The second kappa shape index (κ2) is 5.61. The zero-order valence-corrected chi connectivity index (χ0v) is 10.7. The highest BCUT2D eigenvalue weighted by molar-refractivity contribution is 5.03. The largest absolute Gasteiger partial charge is 0.325 e. The average Bonchev–Trinajstić information content (AvgIpc) is 2.33. The molecule has 1 aromatic heterocycles. The van der Waals surface area contributed by atoms with E-state index in [0.29, 0.717) is 0 Å². The summed E-state index contributed by atoms with van der Waals surface area (Å²) in [7, 11) is 2.17. The lowest BCUT2D eigenvalue weighted by atomic mass is 9.75. The van der Waals surface area contributed by atoms with Crippen molar-refractivity contribution >= 4 is 0 Å². The van der Waals surface area contributed by atoms with E-state index in [4.69, 9.17) is 5.73 Å². The number of pyridine rings is 1. The van der Waals surface area contributed by atoms with Crippen molar-refractivity contribution in [2.24, 2.45) is 5.73 Å². The van der Waals surface area contributed by atoms with Crippen molar-refractivity contribution in [3.05, 3.63) is 30.1 Å². The Bertz CT molecular complexity index is 333. The average molecular weight is 233 g/mol. The Morgan fingerprint density at radius 3 is 2.76 bits per heavy atom. The molecule has 0 atom stereocenters. The Morgan fingerprint density at radius 1 is 1.35 bits per heavy atom. The second-order valence-electron chi connectivity index (χ2n) is 5.34. The van der Waals surface area contributed by atoms with Gasteiger partial charge in [0.2, 0.25) is 0 Å². The molecule has 1 heterocycles. The van der Waals surface area contributed by atoms with Gasteiger partial charge in [-0.3, -0.25) is 4.98 Å². The summed E-state index contributed by atoms with van der Waals surface area (Å²) in [6.07, 6.45) is 7.75. The van der Waals surface area contributed by atoms with E-state index in [1.807, 2.05) is 18.3 Å². The molecular formula is C14H23N3. The van der Waals surface area contributed by atoms with Crippen LogP contribution in [0, 0.1) is 0 Å². The van der Waals surface area contributed by atoms with Gasteiger partial charge in [-0.15, -0.1) is 0 Å². The van der Waals surface area contributed by atoms with Crippen LogP contribution in [-0.4, -0.2) is 35.6 Å². The Hall–Kier alpha value is -0.930. The molecule has 0 aromatic carbocycles. The molecule has 0 spiro atoms. The maximum atomic E-state index is 6.22. The highest BCUT2D eigenvalue weighted by Crippen LogP contribution is 2.31. The van der Waals surface area contributed by atoms with E-state index >= 15 is 0 Å². The summed E-state index contributed by atoms with van der Waals surface area (Å²) < 4.78 is 0. The molecule has 0 amide bonds. The minimum absolute atomic E-state index is 0.152. The van der Waals surface area contributed by atoms with Crippen molar-refractivity contribution in [2.45, 2.75) is 37.6 Å². The van der Waals surface area contributed by atoms with Gasteiger partial charge >= 0.3 is 0 Å². The fourth-order valence-corrected chi connectivity index (χ4v) is 2.26. The van der Waals surface area contributed by atoms with Crippen molar-refractivity contribution in [2.75, 3.05) is 20.1 Å². The summed E-state index contributed by atoms with van der Waals surface area (Å²) in [6, 6.07) is 6.09. The van der Waals surface area contributed by atoms with Crippen LogP contribution in [0.15, 0.2) is 24.4 Å². The summed E-state index contributed by atoms with van der Waals surface area (Å²) >= 11 is 0. The molecule has 2 rings (SSSR count). The van der Waals surface area contributed by atoms with Gasteiger partial charge in [-0.1, -0.05) is 6.07 Å². The molecule has 17 heavy (non-hydrogen) atoms. The van der Waals surface area contributed by atoms with Gasteiger partial charge in [-0.25, -0.2) is 0 Å². The van der Waals surface area contributed by atoms with Crippen LogP contribution in [-0.2, 0) is 6.42 Å². The number of likely N-dealkylation sites (N-methyl/N-ethyl adjacent to an activating group) is 1. The number of nitrogens with two attached hydrogens (primary N) is 1. The molecule has 0 aliphatic heterocycles. The first-order valence-corrected chi connectivity index (χ1v) is 6.55. The van der Waals surface area contributed by atoms with E-state index in [9.17, 15) is 0 Å². The lowest BCUT2D eigenvalue weighted by Crippen LogP contribution is -2.48. The maximum absolute atomic E-state index is 6.22. The SMILES string of the molecule is CN(CCc1ccccn1)CCC1(N)CCC1. The van der Waals surface area contributed by atoms with Crippen molar-refractivity contribution in [1.82, 2.24) is 9.88 Å². The highest BCUT2D eigenvalue weighted by Gasteiger charge is 2.31. The van der Waals surface area contributed by atoms with Crippen molar-refractivity contribution in [1.29, 1.82) is 0 Å². The first-order valence-electron chi connectivity index (χ1n) is 6.55. The van der Waals surface area contributed by atoms with Crippen LogP contribution in [0.5, 0.6) is 0 Å². The standard InChI is InChI=1S/C14H23N3/c1-17(12-9-14(15)7-4-8-14)11-6-13-5-2-3-10-16-13/h2-3,5,10H,4,6-9,11-12,15H2,1H3. The first-order chi connectivity index (χ1) is 8.18.